The van der Waals surface area contributed by atoms with E-state index in [2.05, 4.69) is 19.9 Å². The number of aliphatic hydroxyl groups excluding tert-OH is 1. The molecule has 75 heavy (non-hydrogen) atoms. The van der Waals surface area contributed by atoms with Crippen molar-refractivity contribution in [3.8, 4) is 22.3 Å². The summed E-state index contributed by atoms with van der Waals surface area (Å²) < 4.78 is 61.3. The van der Waals surface area contributed by atoms with E-state index in [-0.39, 0.29) is 69.9 Å². The molecule has 2 aliphatic heterocycles. The lowest BCUT2D eigenvalue weighted by Crippen LogP contribution is -2.27. The molecule has 0 unspecified atom stereocenters. The standard InChI is InChI=1S/C28H24F2N4O3.C24H18F2N4O2.C4H7ClO/c1-15(2)27(36)37-14-19-10-22(29)23(30)11-20(19)16-7-8-24-21(9-16)25(33-28(31)32-24)26(35)34-12-17-5-3-4-6-18(17)13-34;25-19-8-16(12-31)17(9-20(19)26)13-5-6-21-18(7-13)22(29-24(27)28-21)23(32)30-10-14-3-1-2-4-15(14)11-30;1-3(2)4(5)6/h3-11,15H,12-14H2,1-2H3,(H2,31,32,33);1-9,31H,10-12H2,(H2,27,28,29);3H,1-2H3. The zero-order chi connectivity index (χ0) is 53.8. The topological polar surface area (TPSA) is 208 Å². The molecule has 6 aromatic carbocycles. The summed E-state index contributed by atoms with van der Waals surface area (Å²) in [6.45, 7) is 7.96. The van der Waals surface area contributed by atoms with Gasteiger partial charge in [0.25, 0.3) is 11.8 Å². The number of amides is 2. The molecule has 0 atom stereocenters. The third-order valence-corrected chi connectivity index (χ3v) is 12.9. The van der Waals surface area contributed by atoms with Gasteiger partial charge in [0, 0.05) is 48.4 Å². The van der Waals surface area contributed by atoms with Crippen LogP contribution in [0.4, 0.5) is 29.5 Å². The molecule has 0 aliphatic carbocycles. The Bertz CT molecular complexity index is 3510. The van der Waals surface area contributed by atoms with Crippen molar-refractivity contribution < 1.29 is 46.6 Å². The number of rotatable bonds is 9. The average Bonchev–Trinajstić information content (AvgIpc) is 4.04. The summed E-state index contributed by atoms with van der Waals surface area (Å²) in [5, 5.41) is 10.2. The predicted molar refractivity (Wildman–Crippen MR) is 275 cm³/mol. The lowest BCUT2D eigenvalue weighted by Gasteiger charge is -2.17. The van der Waals surface area contributed by atoms with Crippen LogP contribution in [-0.2, 0) is 53.7 Å². The molecular weight excluding hydrogens is 992 g/mol. The summed E-state index contributed by atoms with van der Waals surface area (Å²) >= 11 is 4.97. The third-order valence-electron chi connectivity index (χ3n) is 12.5. The van der Waals surface area contributed by atoms with Crippen LogP contribution < -0.4 is 11.5 Å². The Kier molecular flexibility index (Phi) is 15.8. The van der Waals surface area contributed by atoms with Gasteiger partial charge in [0.05, 0.1) is 23.6 Å². The van der Waals surface area contributed by atoms with Crippen LogP contribution in [0.1, 0.15) is 82.1 Å². The second kappa shape index (κ2) is 22.4. The number of nitrogens with zero attached hydrogens (tertiary/aromatic N) is 6. The van der Waals surface area contributed by atoms with Crippen LogP contribution in [0, 0.1) is 35.1 Å². The van der Waals surface area contributed by atoms with Crippen LogP contribution >= 0.6 is 11.6 Å². The van der Waals surface area contributed by atoms with Crippen molar-refractivity contribution in [3.63, 3.8) is 0 Å². The number of aliphatic hydroxyl groups is 1. The number of aromatic nitrogens is 4. The molecule has 4 heterocycles. The minimum Gasteiger partial charge on any atom is -0.461 e. The highest BCUT2D eigenvalue weighted by atomic mass is 35.5. The van der Waals surface area contributed by atoms with E-state index in [0.29, 0.717) is 70.2 Å². The van der Waals surface area contributed by atoms with Gasteiger partial charge in [0.15, 0.2) is 23.3 Å². The van der Waals surface area contributed by atoms with Gasteiger partial charge in [0.2, 0.25) is 17.1 Å². The van der Waals surface area contributed by atoms with Crippen molar-refractivity contribution in [3.05, 3.63) is 177 Å². The van der Waals surface area contributed by atoms with Gasteiger partial charge in [-0.25, -0.2) is 37.5 Å². The number of ether oxygens (including phenoxy) is 1. The molecule has 384 valence electrons. The van der Waals surface area contributed by atoms with Crippen molar-refractivity contribution in [1.82, 2.24) is 29.7 Å². The number of fused-ring (bicyclic) bond motifs is 4. The molecule has 5 N–H and O–H groups in total. The lowest BCUT2D eigenvalue weighted by molar-refractivity contribution is -0.148. The maximum atomic E-state index is 14.3. The number of carbonyl (C=O) groups excluding carboxylic acids is 4. The molecule has 10 rings (SSSR count). The number of nitrogen functional groups attached to an aromatic ring is 2. The molecule has 0 bridgehead atoms. The first kappa shape index (κ1) is 53.0. The van der Waals surface area contributed by atoms with E-state index in [1.807, 2.05) is 48.5 Å². The first-order valence-corrected chi connectivity index (χ1v) is 24.0. The minimum atomic E-state index is -1.05. The van der Waals surface area contributed by atoms with Crippen LogP contribution in [0.5, 0.6) is 0 Å². The minimum absolute atomic E-state index is 0.0216. The van der Waals surface area contributed by atoms with Crippen LogP contribution in [0.25, 0.3) is 44.1 Å². The van der Waals surface area contributed by atoms with Gasteiger partial charge in [0.1, 0.15) is 18.0 Å². The van der Waals surface area contributed by atoms with Crippen molar-refractivity contribution in [2.45, 2.75) is 67.1 Å². The fraction of sp³-hybridized carbons (Fsp3) is 0.214. The van der Waals surface area contributed by atoms with E-state index in [1.165, 1.54) is 0 Å². The summed E-state index contributed by atoms with van der Waals surface area (Å²) in [7, 11) is 0. The van der Waals surface area contributed by atoms with Gasteiger partial charge in [-0.1, -0.05) is 88.4 Å². The van der Waals surface area contributed by atoms with Gasteiger partial charge in [-0.05, 0) is 110 Å². The summed E-state index contributed by atoms with van der Waals surface area (Å²) in [4.78, 5) is 69.1. The fourth-order valence-corrected chi connectivity index (χ4v) is 8.49. The van der Waals surface area contributed by atoms with Gasteiger partial charge >= 0.3 is 5.97 Å². The van der Waals surface area contributed by atoms with Crippen molar-refractivity contribution in [2.24, 2.45) is 11.8 Å². The molecule has 2 aliphatic rings. The van der Waals surface area contributed by atoms with Crippen molar-refractivity contribution in [1.29, 1.82) is 0 Å². The average molecular weight is 1040 g/mol. The lowest BCUT2D eigenvalue weighted by atomic mass is 9.97. The quantitative estimate of drug-likeness (QED) is 0.0701. The summed E-state index contributed by atoms with van der Waals surface area (Å²) in [5.41, 5.74) is 19.3. The second-order valence-corrected chi connectivity index (χ2v) is 18.8. The highest BCUT2D eigenvalue weighted by molar-refractivity contribution is 6.63. The molecule has 2 aromatic heterocycles. The first-order chi connectivity index (χ1) is 35.8. The van der Waals surface area contributed by atoms with E-state index >= 15 is 0 Å². The highest BCUT2D eigenvalue weighted by Gasteiger charge is 2.29. The number of carbonyl (C=O) groups is 4. The van der Waals surface area contributed by atoms with E-state index in [1.54, 1.807) is 73.9 Å². The Balaban J connectivity index is 0.000000181. The van der Waals surface area contributed by atoms with Crippen LogP contribution in [0.3, 0.4) is 0 Å². The monoisotopic (exact) mass is 1040 g/mol. The number of benzene rings is 6. The predicted octanol–water partition coefficient (Wildman–Crippen LogP) is 10.2. The third kappa shape index (κ3) is 11.7. The molecular formula is C56H49ClF4N8O6. The maximum absolute atomic E-state index is 14.3. The van der Waals surface area contributed by atoms with E-state index in [0.717, 1.165) is 46.5 Å². The maximum Gasteiger partial charge on any atom is 0.308 e. The summed E-state index contributed by atoms with van der Waals surface area (Å²) in [5.74, 6) is -5.73. The second-order valence-electron chi connectivity index (χ2n) is 18.4. The van der Waals surface area contributed by atoms with Gasteiger partial charge in [-0.2, -0.15) is 0 Å². The Morgan fingerprint density at radius 1 is 0.573 bits per heavy atom. The molecule has 2 amide bonds. The Morgan fingerprint density at radius 3 is 1.32 bits per heavy atom. The molecule has 19 heteroatoms. The molecule has 0 spiro atoms. The number of hydrogen-bond acceptors (Lipinski definition) is 12. The SMILES string of the molecule is CC(C)C(=O)Cl.CC(C)C(=O)OCc1cc(F)c(F)cc1-c1ccc2nc(N)nc(C(=O)N3Cc4ccccc4C3)c2c1.Nc1nc(C(=O)N2Cc3ccccc3C2)c2cc(-c3cc(F)c(F)cc3CO)ccc2n1. The van der Waals surface area contributed by atoms with E-state index < -0.39 is 35.8 Å². The molecule has 8 aromatic rings. The van der Waals surface area contributed by atoms with Crippen LogP contribution in [-0.4, -0.2) is 57.9 Å². The molecule has 0 fully saturated rings. The zero-order valence-corrected chi connectivity index (χ0v) is 41.8. The molecule has 0 radical (unpaired) electrons. The molecule has 14 nitrogen and oxygen atoms in total. The van der Waals surface area contributed by atoms with Gasteiger partial charge in [-0.3, -0.25) is 19.2 Å². The largest absolute Gasteiger partial charge is 0.461 e. The summed E-state index contributed by atoms with van der Waals surface area (Å²) in [6.07, 6.45) is 0. The summed E-state index contributed by atoms with van der Waals surface area (Å²) in [6, 6.07) is 29.5. The smallest absolute Gasteiger partial charge is 0.308 e. The van der Waals surface area contributed by atoms with Crippen molar-refractivity contribution in [2.75, 3.05) is 11.5 Å². The fourth-order valence-electron chi connectivity index (χ4n) is 8.49. The molecule has 0 saturated heterocycles. The Labute approximate surface area is 433 Å². The van der Waals surface area contributed by atoms with E-state index in [4.69, 9.17) is 27.8 Å². The Morgan fingerprint density at radius 2 is 0.947 bits per heavy atom. The molecule has 0 saturated carbocycles. The number of nitrogens with two attached hydrogens (primary N) is 2. The number of hydrogen-bond donors (Lipinski definition) is 3. The number of esters is 1. The number of anilines is 2. The highest BCUT2D eigenvalue weighted by Crippen LogP contribution is 2.34. The number of halogens is 5. The van der Waals surface area contributed by atoms with Gasteiger partial charge < -0.3 is 31.1 Å². The van der Waals surface area contributed by atoms with Crippen molar-refractivity contribution >= 4 is 68.3 Å². The van der Waals surface area contributed by atoms with Gasteiger partial charge in [-0.15, -0.1) is 0 Å². The first-order valence-electron chi connectivity index (χ1n) is 23.6. The zero-order valence-electron chi connectivity index (χ0n) is 41.0. The van der Waals surface area contributed by atoms with Crippen LogP contribution in [0.2, 0.25) is 0 Å². The van der Waals surface area contributed by atoms with Crippen LogP contribution in [0.15, 0.2) is 109 Å². The Hall–Kier alpha value is -8.35. The normalized spacial score (nSPS) is 12.5. The van der Waals surface area contributed by atoms with E-state index in [9.17, 15) is 41.8 Å².